The molecule has 1 amide bonds. The van der Waals surface area contributed by atoms with Crippen molar-refractivity contribution in [2.45, 2.75) is 31.2 Å². The van der Waals surface area contributed by atoms with Gasteiger partial charge in [0.2, 0.25) is 15.9 Å². The highest BCUT2D eigenvalue weighted by molar-refractivity contribution is 7.89. The van der Waals surface area contributed by atoms with Crippen LogP contribution in [0.1, 0.15) is 19.8 Å². The Morgan fingerprint density at radius 1 is 1.13 bits per heavy atom. The molecule has 0 bridgehead atoms. The highest BCUT2D eigenvalue weighted by Crippen LogP contribution is 2.26. The van der Waals surface area contributed by atoms with Gasteiger partial charge in [-0.15, -0.1) is 0 Å². The van der Waals surface area contributed by atoms with Crippen LogP contribution in [0.15, 0.2) is 52.2 Å². The van der Waals surface area contributed by atoms with E-state index in [1.165, 1.54) is 21.0 Å². The van der Waals surface area contributed by atoms with Gasteiger partial charge in [0.05, 0.1) is 21.7 Å². The second-order valence-electron chi connectivity index (χ2n) is 7.20. The van der Waals surface area contributed by atoms with Gasteiger partial charge in [-0.05, 0) is 62.2 Å². The van der Waals surface area contributed by atoms with Crippen molar-refractivity contribution in [1.82, 2.24) is 8.87 Å². The molecule has 0 saturated carbocycles. The van der Waals surface area contributed by atoms with Gasteiger partial charge in [0.15, 0.2) is 0 Å². The quantitative estimate of drug-likeness (QED) is 0.584. The number of hydrogen-bond acceptors (Lipinski definition) is 6. The van der Waals surface area contributed by atoms with E-state index in [1.54, 1.807) is 30.3 Å². The highest BCUT2D eigenvalue weighted by Gasteiger charge is 2.27. The molecular weight excluding hydrogens is 438 g/mol. The average Bonchev–Trinajstić information content (AvgIpc) is 3.38. The molecule has 4 rings (SSSR count). The molecule has 1 aromatic heterocycles. The summed E-state index contributed by atoms with van der Waals surface area (Å²) in [5, 5.41) is 2.76. The Kier molecular flexibility index (Phi) is 6.12. The third-order valence-corrected chi connectivity index (χ3v) is 7.93. The highest BCUT2D eigenvalue weighted by atomic mass is 32.2. The molecule has 1 aliphatic rings. The molecule has 1 saturated heterocycles. The van der Waals surface area contributed by atoms with E-state index in [9.17, 15) is 18.0 Å². The molecule has 1 aliphatic heterocycles. The monoisotopic (exact) mass is 461 g/mol. The number of hydrogen-bond donors (Lipinski definition) is 1. The number of aromatic nitrogens is 1. The lowest BCUT2D eigenvalue weighted by atomic mass is 10.3. The van der Waals surface area contributed by atoms with Crippen molar-refractivity contribution >= 4 is 43.2 Å². The van der Waals surface area contributed by atoms with Gasteiger partial charge in [-0.1, -0.05) is 11.3 Å². The maximum atomic E-state index is 12.8. The fourth-order valence-electron chi connectivity index (χ4n) is 3.58. The first-order valence-electron chi connectivity index (χ1n) is 10.0. The molecule has 10 heteroatoms. The van der Waals surface area contributed by atoms with Crippen molar-refractivity contribution in [3.05, 3.63) is 52.1 Å². The SMILES string of the molecule is CCOc1ccc(NC(=O)Cn2c(=O)sc3cc(S(=O)(=O)N4CCCC4)ccc32)cc1. The third kappa shape index (κ3) is 4.51. The fourth-order valence-corrected chi connectivity index (χ4v) is 6.13. The normalized spacial score (nSPS) is 14.7. The van der Waals surface area contributed by atoms with Crippen molar-refractivity contribution in [3.8, 4) is 5.75 Å². The first-order valence-corrected chi connectivity index (χ1v) is 12.3. The summed E-state index contributed by atoms with van der Waals surface area (Å²) >= 11 is 0.935. The van der Waals surface area contributed by atoms with E-state index in [-0.39, 0.29) is 22.2 Å². The Hall–Kier alpha value is -2.69. The Morgan fingerprint density at radius 3 is 2.52 bits per heavy atom. The lowest BCUT2D eigenvalue weighted by Crippen LogP contribution is -2.27. The van der Waals surface area contributed by atoms with E-state index < -0.39 is 10.0 Å². The Morgan fingerprint density at radius 2 is 1.84 bits per heavy atom. The van der Waals surface area contributed by atoms with Crippen LogP contribution in [0.5, 0.6) is 5.75 Å². The van der Waals surface area contributed by atoms with Gasteiger partial charge in [-0.3, -0.25) is 14.2 Å². The Labute approximate surface area is 184 Å². The molecule has 2 aromatic carbocycles. The van der Waals surface area contributed by atoms with Gasteiger partial charge < -0.3 is 10.1 Å². The number of amides is 1. The van der Waals surface area contributed by atoms with Crippen molar-refractivity contribution < 1.29 is 17.9 Å². The van der Waals surface area contributed by atoms with Gasteiger partial charge in [-0.25, -0.2) is 8.42 Å². The number of anilines is 1. The fraction of sp³-hybridized carbons (Fsp3) is 0.333. The first kappa shape index (κ1) is 21.5. The van der Waals surface area contributed by atoms with Crippen LogP contribution in [-0.2, 0) is 21.4 Å². The zero-order valence-electron chi connectivity index (χ0n) is 17.0. The molecule has 164 valence electrons. The summed E-state index contributed by atoms with van der Waals surface area (Å²) < 4.78 is 34.3. The standard InChI is InChI=1S/C21H23N3O5S2/c1-2-29-16-7-5-15(6-8-16)22-20(25)14-24-18-10-9-17(13-19(18)30-21(24)26)31(27,28)23-11-3-4-12-23/h5-10,13H,2-4,11-12,14H2,1H3,(H,22,25). The minimum atomic E-state index is -3.57. The molecule has 3 aromatic rings. The molecule has 1 N–H and O–H groups in total. The molecule has 0 spiro atoms. The summed E-state index contributed by atoms with van der Waals surface area (Å²) in [6.45, 7) is 3.32. The average molecular weight is 462 g/mol. The predicted octanol–water partition coefficient (Wildman–Crippen LogP) is 2.88. The number of carbonyl (C=O) groups excluding carboxylic acids is 1. The molecule has 8 nitrogen and oxygen atoms in total. The largest absolute Gasteiger partial charge is 0.494 e. The van der Waals surface area contributed by atoms with Gasteiger partial charge in [0, 0.05) is 18.8 Å². The molecular formula is C21H23N3O5S2. The molecule has 1 fully saturated rings. The second-order valence-corrected chi connectivity index (χ2v) is 10.1. The van der Waals surface area contributed by atoms with Gasteiger partial charge in [0.1, 0.15) is 12.3 Å². The number of nitrogens with one attached hydrogen (secondary N) is 1. The molecule has 2 heterocycles. The smallest absolute Gasteiger partial charge is 0.308 e. The molecule has 0 atom stereocenters. The number of fused-ring (bicyclic) bond motifs is 1. The second kappa shape index (κ2) is 8.81. The third-order valence-electron chi connectivity index (χ3n) is 5.09. The van der Waals surface area contributed by atoms with Crippen LogP contribution in [0.2, 0.25) is 0 Å². The summed E-state index contributed by atoms with van der Waals surface area (Å²) in [7, 11) is -3.57. The van der Waals surface area contributed by atoms with E-state index in [0.29, 0.717) is 41.3 Å². The van der Waals surface area contributed by atoms with Crippen molar-refractivity contribution in [2.75, 3.05) is 25.0 Å². The van der Waals surface area contributed by atoms with Crippen LogP contribution in [-0.4, -0.2) is 42.9 Å². The summed E-state index contributed by atoms with van der Waals surface area (Å²) in [6.07, 6.45) is 1.71. The lowest BCUT2D eigenvalue weighted by Gasteiger charge is -2.15. The summed E-state index contributed by atoms with van der Waals surface area (Å²) in [4.78, 5) is 24.8. The molecule has 0 aliphatic carbocycles. The number of rotatable bonds is 7. The van der Waals surface area contributed by atoms with Gasteiger partial charge >= 0.3 is 4.87 Å². The summed E-state index contributed by atoms with van der Waals surface area (Å²) in [5.74, 6) is 0.361. The van der Waals surface area contributed by atoms with E-state index in [2.05, 4.69) is 5.32 Å². The van der Waals surface area contributed by atoms with Crippen LogP contribution in [0.25, 0.3) is 10.2 Å². The maximum absolute atomic E-state index is 12.8. The zero-order valence-corrected chi connectivity index (χ0v) is 18.7. The molecule has 0 unspecified atom stereocenters. The molecule has 0 radical (unpaired) electrons. The van der Waals surface area contributed by atoms with Crippen molar-refractivity contribution in [1.29, 1.82) is 0 Å². The number of nitrogens with zero attached hydrogens (tertiary/aromatic N) is 2. The Bertz CT molecular complexity index is 1260. The number of thiazole rings is 1. The minimum Gasteiger partial charge on any atom is -0.494 e. The maximum Gasteiger partial charge on any atom is 0.308 e. The minimum absolute atomic E-state index is 0.162. The summed E-state index contributed by atoms with van der Waals surface area (Å²) in [6, 6.07) is 11.6. The van der Waals surface area contributed by atoms with Gasteiger partial charge in [0.25, 0.3) is 0 Å². The number of sulfonamides is 1. The van der Waals surface area contributed by atoms with E-state index >= 15 is 0 Å². The first-order chi connectivity index (χ1) is 14.9. The number of carbonyl (C=O) groups is 1. The van der Waals surface area contributed by atoms with E-state index in [1.807, 2.05) is 6.92 Å². The lowest BCUT2D eigenvalue weighted by molar-refractivity contribution is -0.116. The van der Waals surface area contributed by atoms with Crippen LogP contribution < -0.4 is 14.9 Å². The van der Waals surface area contributed by atoms with Crippen LogP contribution >= 0.6 is 11.3 Å². The number of benzene rings is 2. The zero-order chi connectivity index (χ0) is 22.0. The predicted molar refractivity (Wildman–Crippen MR) is 120 cm³/mol. The van der Waals surface area contributed by atoms with Crippen molar-refractivity contribution in [3.63, 3.8) is 0 Å². The van der Waals surface area contributed by atoms with Crippen LogP contribution in [0.3, 0.4) is 0 Å². The Balaban J connectivity index is 1.53. The number of ether oxygens (including phenoxy) is 1. The van der Waals surface area contributed by atoms with E-state index in [0.717, 1.165) is 24.2 Å². The van der Waals surface area contributed by atoms with Crippen LogP contribution in [0.4, 0.5) is 5.69 Å². The van der Waals surface area contributed by atoms with Crippen LogP contribution in [0, 0.1) is 0 Å². The van der Waals surface area contributed by atoms with Crippen molar-refractivity contribution in [2.24, 2.45) is 0 Å². The van der Waals surface area contributed by atoms with Gasteiger partial charge in [-0.2, -0.15) is 4.31 Å². The molecule has 31 heavy (non-hydrogen) atoms. The van der Waals surface area contributed by atoms with E-state index in [4.69, 9.17) is 4.74 Å². The summed E-state index contributed by atoms with van der Waals surface area (Å²) in [5.41, 5.74) is 1.14. The topological polar surface area (TPSA) is 97.7 Å².